The van der Waals surface area contributed by atoms with Crippen molar-refractivity contribution in [1.29, 1.82) is 0 Å². The number of carboxylic acid groups (broad SMARTS) is 1. The number of aromatic amines is 1. The molecule has 126 valence electrons. The quantitative estimate of drug-likeness (QED) is 0.685. The number of carbonyl (C=O) groups is 2. The van der Waals surface area contributed by atoms with Gasteiger partial charge in [0.1, 0.15) is 5.82 Å². The van der Waals surface area contributed by atoms with Crippen LogP contribution in [0.5, 0.6) is 0 Å². The highest BCUT2D eigenvalue weighted by Gasteiger charge is 2.33. The van der Waals surface area contributed by atoms with Crippen LogP contribution in [0, 0.1) is 12.8 Å². The van der Waals surface area contributed by atoms with E-state index in [0.717, 1.165) is 12.0 Å². The Labute approximate surface area is 138 Å². The van der Waals surface area contributed by atoms with Crippen molar-refractivity contribution >= 4 is 17.7 Å². The first kappa shape index (κ1) is 16.0. The van der Waals surface area contributed by atoms with Crippen molar-refractivity contribution in [3.63, 3.8) is 0 Å². The van der Waals surface area contributed by atoms with E-state index >= 15 is 0 Å². The highest BCUT2D eigenvalue weighted by atomic mass is 16.4. The number of rotatable bonds is 4. The number of nitrogens with one attached hydrogen (secondary N) is 3. The van der Waals surface area contributed by atoms with Crippen molar-refractivity contribution in [2.24, 2.45) is 5.92 Å². The molecule has 2 aromatic rings. The molecule has 1 saturated carbocycles. The topological polar surface area (TPSA) is 120 Å². The van der Waals surface area contributed by atoms with E-state index < -0.39 is 17.9 Å². The molecule has 0 spiro atoms. The number of carbonyl (C=O) groups excluding carboxylic acids is 1. The Bertz CT molecular complexity index is 758. The van der Waals surface area contributed by atoms with E-state index in [1.54, 1.807) is 18.2 Å². The Kier molecular flexibility index (Phi) is 4.45. The van der Waals surface area contributed by atoms with Crippen LogP contribution in [0.15, 0.2) is 24.3 Å². The van der Waals surface area contributed by atoms with Crippen molar-refractivity contribution in [2.75, 3.05) is 5.32 Å². The second kappa shape index (κ2) is 6.69. The molecule has 1 heterocycles. The number of aromatic nitrogens is 3. The Morgan fingerprint density at radius 3 is 2.88 bits per heavy atom. The molecule has 1 aromatic carbocycles. The minimum absolute atomic E-state index is 0.332. The summed E-state index contributed by atoms with van der Waals surface area (Å²) in [5.41, 5.74) is 1.37. The average molecular weight is 329 g/mol. The van der Waals surface area contributed by atoms with Crippen molar-refractivity contribution in [3.8, 4) is 11.4 Å². The van der Waals surface area contributed by atoms with E-state index in [1.165, 1.54) is 0 Å². The summed E-state index contributed by atoms with van der Waals surface area (Å²) in [6, 6.07) is 6.44. The van der Waals surface area contributed by atoms with E-state index in [4.69, 9.17) is 5.11 Å². The molecule has 0 radical (unpaired) electrons. The first-order valence-electron chi connectivity index (χ1n) is 7.82. The van der Waals surface area contributed by atoms with Gasteiger partial charge in [-0.1, -0.05) is 18.6 Å². The van der Waals surface area contributed by atoms with Gasteiger partial charge in [-0.3, -0.25) is 9.89 Å². The summed E-state index contributed by atoms with van der Waals surface area (Å²) in [6.45, 7) is 1.81. The zero-order chi connectivity index (χ0) is 17.1. The summed E-state index contributed by atoms with van der Waals surface area (Å²) in [5, 5.41) is 21.5. The first-order chi connectivity index (χ1) is 11.5. The average Bonchev–Trinajstić information content (AvgIpc) is 3.16. The highest BCUT2D eigenvalue weighted by molar-refractivity contribution is 5.90. The fourth-order valence-electron chi connectivity index (χ4n) is 2.97. The zero-order valence-electron chi connectivity index (χ0n) is 13.2. The maximum Gasteiger partial charge on any atom is 0.319 e. The predicted molar refractivity (Wildman–Crippen MR) is 87.5 cm³/mol. The molecular formula is C16H19N5O3. The highest BCUT2D eigenvalue weighted by Crippen LogP contribution is 2.26. The number of benzene rings is 1. The van der Waals surface area contributed by atoms with Crippen molar-refractivity contribution in [2.45, 2.75) is 32.2 Å². The number of amides is 2. The molecule has 8 nitrogen and oxygen atoms in total. The number of urea groups is 1. The first-order valence-corrected chi connectivity index (χ1v) is 7.82. The van der Waals surface area contributed by atoms with Crippen molar-refractivity contribution in [3.05, 3.63) is 30.1 Å². The van der Waals surface area contributed by atoms with Gasteiger partial charge in [-0.25, -0.2) is 9.78 Å². The van der Waals surface area contributed by atoms with Gasteiger partial charge in [0.05, 0.1) is 5.92 Å². The Balaban J connectivity index is 1.65. The molecule has 1 aliphatic rings. The predicted octanol–water partition coefficient (Wildman–Crippen LogP) is 2.15. The summed E-state index contributed by atoms with van der Waals surface area (Å²) in [7, 11) is 0. The van der Waals surface area contributed by atoms with Gasteiger partial charge < -0.3 is 15.7 Å². The van der Waals surface area contributed by atoms with Gasteiger partial charge in [-0.2, -0.15) is 5.10 Å². The number of H-pyrrole nitrogens is 1. The number of hydrogen-bond donors (Lipinski definition) is 4. The van der Waals surface area contributed by atoms with Crippen LogP contribution in [0.2, 0.25) is 0 Å². The van der Waals surface area contributed by atoms with E-state index in [9.17, 15) is 9.59 Å². The molecule has 8 heteroatoms. The lowest BCUT2D eigenvalue weighted by Gasteiger charge is -2.18. The molecule has 1 aliphatic carbocycles. The van der Waals surface area contributed by atoms with Crippen LogP contribution in [-0.4, -0.2) is 38.3 Å². The number of aliphatic carboxylic acids is 1. The normalized spacial score (nSPS) is 19.9. The van der Waals surface area contributed by atoms with Crippen LogP contribution >= 0.6 is 0 Å². The molecule has 4 N–H and O–H groups in total. The van der Waals surface area contributed by atoms with Crippen molar-refractivity contribution < 1.29 is 14.7 Å². The van der Waals surface area contributed by atoms with E-state index in [0.29, 0.717) is 30.2 Å². The number of nitrogens with zero attached hydrogens (tertiary/aromatic N) is 2. The molecule has 2 unspecified atom stereocenters. The third-order valence-corrected chi connectivity index (χ3v) is 4.13. The van der Waals surface area contributed by atoms with Crippen LogP contribution in [0.1, 0.15) is 25.1 Å². The Hall–Kier alpha value is -2.90. The number of anilines is 1. The molecule has 24 heavy (non-hydrogen) atoms. The molecule has 0 aliphatic heterocycles. The Morgan fingerprint density at radius 2 is 2.17 bits per heavy atom. The summed E-state index contributed by atoms with van der Waals surface area (Å²) in [4.78, 5) is 27.6. The van der Waals surface area contributed by atoms with Crippen LogP contribution in [-0.2, 0) is 4.79 Å². The van der Waals surface area contributed by atoms with Gasteiger partial charge >= 0.3 is 12.0 Å². The summed E-state index contributed by atoms with van der Waals surface area (Å²) < 4.78 is 0. The van der Waals surface area contributed by atoms with Crippen LogP contribution in [0.4, 0.5) is 10.5 Å². The smallest absolute Gasteiger partial charge is 0.319 e. The minimum atomic E-state index is -0.861. The third kappa shape index (κ3) is 3.53. The lowest BCUT2D eigenvalue weighted by atomic mass is 10.0. The number of hydrogen-bond acceptors (Lipinski definition) is 4. The monoisotopic (exact) mass is 329 g/mol. The fraction of sp³-hybridized carbons (Fsp3) is 0.375. The molecule has 0 saturated heterocycles. The van der Waals surface area contributed by atoms with Gasteiger partial charge in [0.15, 0.2) is 5.82 Å². The summed E-state index contributed by atoms with van der Waals surface area (Å²) >= 11 is 0. The van der Waals surface area contributed by atoms with Crippen LogP contribution < -0.4 is 10.6 Å². The van der Waals surface area contributed by atoms with Gasteiger partial charge in [0, 0.05) is 17.3 Å². The minimum Gasteiger partial charge on any atom is -0.481 e. The summed E-state index contributed by atoms with van der Waals surface area (Å²) in [6.07, 6.45) is 2.09. The fourth-order valence-corrected chi connectivity index (χ4v) is 2.97. The van der Waals surface area contributed by atoms with Crippen LogP contribution in [0.3, 0.4) is 0 Å². The lowest BCUT2D eigenvalue weighted by molar-refractivity contribution is -0.142. The second-order valence-corrected chi connectivity index (χ2v) is 5.91. The van der Waals surface area contributed by atoms with Gasteiger partial charge in [-0.05, 0) is 31.9 Å². The molecule has 1 fully saturated rings. The third-order valence-electron chi connectivity index (χ3n) is 4.13. The number of carboxylic acids is 1. The van der Waals surface area contributed by atoms with Gasteiger partial charge in [-0.15, -0.1) is 0 Å². The Morgan fingerprint density at radius 1 is 1.33 bits per heavy atom. The molecule has 0 bridgehead atoms. The van der Waals surface area contributed by atoms with Crippen molar-refractivity contribution in [1.82, 2.24) is 20.5 Å². The number of aryl methyl sites for hydroxylation is 1. The van der Waals surface area contributed by atoms with Gasteiger partial charge in [0.25, 0.3) is 0 Å². The maximum atomic E-state index is 12.1. The van der Waals surface area contributed by atoms with Gasteiger partial charge in [0.2, 0.25) is 0 Å². The molecule has 2 atom stereocenters. The van der Waals surface area contributed by atoms with E-state index in [-0.39, 0.29) is 6.04 Å². The van der Waals surface area contributed by atoms with Crippen LogP contribution in [0.25, 0.3) is 11.4 Å². The second-order valence-electron chi connectivity index (χ2n) is 5.91. The largest absolute Gasteiger partial charge is 0.481 e. The maximum absolute atomic E-state index is 12.1. The molecular weight excluding hydrogens is 310 g/mol. The van der Waals surface area contributed by atoms with E-state index in [2.05, 4.69) is 25.8 Å². The lowest BCUT2D eigenvalue weighted by Crippen LogP contribution is -2.42. The standard InChI is InChI=1S/C16H19N5O3/c1-9-17-14(21-20-9)10-4-2-5-11(8-10)18-16(24)19-13-7-3-6-12(13)15(22)23/h2,4-5,8,12-13H,3,6-7H2,1H3,(H,22,23)(H,17,20,21)(H2,18,19,24). The zero-order valence-corrected chi connectivity index (χ0v) is 13.2. The summed E-state index contributed by atoms with van der Waals surface area (Å²) in [5.74, 6) is -0.113. The molecule has 2 amide bonds. The SMILES string of the molecule is Cc1nc(-c2cccc(NC(=O)NC3CCCC3C(=O)O)c2)n[nH]1. The molecule has 3 rings (SSSR count). The van der Waals surface area contributed by atoms with E-state index in [1.807, 2.05) is 13.0 Å². The molecule has 1 aromatic heterocycles.